The van der Waals surface area contributed by atoms with Crippen molar-refractivity contribution in [3.05, 3.63) is 0 Å². The summed E-state index contributed by atoms with van der Waals surface area (Å²) < 4.78 is 53.5. The summed E-state index contributed by atoms with van der Waals surface area (Å²) in [4.78, 5) is 22.9. The zero-order valence-electron chi connectivity index (χ0n) is 34.0. The molecule has 0 aliphatic carbocycles. The molecule has 320 valence electrons. The predicted octanol–water partition coefficient (Wildman–Crippen LogP) is 7.85. The van der Waals surface area contributed by atoms with Crippen molar-refractivity contribution in [2.24, 2.45) is 0 Å². The van der Waals surface area contributed by atoms with Crippen LogP contribution in [0.15, 0.2) is 0 Å². The number of aliphatic hydroxyl groups is 4. The molecule has 0 aromatic carbocycles. The molecule has 0 saturated carbocycles. The van der Waals surface area contributed by atoms with Gasteiger partial charge in [0, 0.05) is 12.8 Å². The second-order valence-corrected chi connectivity index (χ2v) is 17.1. The molecule has 0 aromatic rings. The minimum Gasteiger partial charge on any atom is -0.454 e. The third kappa shape index (κ3) is 19.2. The van der Waals surface area contributed by atoms with Crippen molar-refractivity contribution < 1.29 is 57.2 Å². The van der Waals surface area contributed by atoms with Gasteiger partial charge in [0.25, 0.3) is 0 Å². The first-order valence-electron chi connectivity index (χ1n) is 21.6. The molecule has 0 spiro atoms. The molecule has 0 aromatic heterocycles. The van der Waals surface area contributed by atoms with Gasteiger partial charge in [-0.1, -0.05) is 168 Å². The van der Waals surface area contributed by atoms with E-state index in [2.05, 4.69) is 13.8 Å². The van der Waals surface area contributed by atoms with Gasteiger partial charge in [-0.25, -0.2) is 0 Å². The van der Waals surface area contributed by atoms with Gasteiger partial charge in [0.1, 0.15) is 24.4 Å². The van der Waals surface area contributed by atoms with Gasteiger partial charge in [0.2, 0.25) is 0 Å². The molecule has 1 heterocycles. The Labute approximate surface area is 327 Å². The lowest BCUT2D eigenvalue weighted by atomic mass is 9.90. The Kier molecular flexibility index (Phi) is 28.0. The highest BCUT2D eigenvalue weighted by Crippen LogP contribution is 2.39. The maximum atomic E-state index is 13.2. The Bertz CT molecular complexity index is 1070. The third-order valence-corrected chi connectivity index (χ3v) is 12.2. The van der Waals surface area contributed by atoms with Gasteiger partial charge in [-0.05, 0) is 19.8 Å². The van der Waals surface area contributed by atoms with Crippen LogP contribution in [-0.4, -0.2) is 93.5 Å². The summed E-state index contributed by atoms with van der Waals surface area (Å²) in [5, 5.41) is 42.1. The normalized spacial score (nSPS) is 22.1. The monoisotopic (exact) mass is 795 g/mol. The minimum absolute atomic E-state index is 0.130. The van der Waals surface area contributed by atoms with Crippen molar-refractivity contribution in [1.82, 2.24) is 0 Å². The van der Waals surface area contributed by atoms with Gasteiger partial charge in [-0.3, -0.25) is 14.1 Å². The van der Waals surface area contributed by atoms with E-state index in [1.54, 1.807) is 0 Å². The fourth-order valence-electron chi connectivity index (χ4n) is 7.32. The summed E-state index contributed by atoms with van der Waals surface area (Å²) in [6.07, 6.45) is 16.2. The molecule has 1 fully saturated rings. The number of rotatable bonds is 34. The van der Waals surface area contributed by atoms with Gasteiger partial charge >= 0.3 is 27.0 Å². The first-order valence-corrected chi connectivity index (χ1v) is 23.0. The van der Waals surface area contributed by atoms with Crippen LogP contribution in [0.1, 0.15) is 201 Å². The van der Waals surface area contributed by atoms with E-state index in [0.29, 0.717) is 19.3 Å². The molecule has 7 atom stereocenters. The van der Waals surface area contributed by atoms with Crippen LogP contribution in [0.25, 0.3) is 0 Å². The summed E-state index contributed by atoms with van der Waals surface area (Å²) in [5.74, 6) is -2.00. The van der Waals surface area contributed by atoms with E-state index in [0.717, 1.165) is 51.4 Å². The quantitative estimate of drug-likeness (QED) is 0.0241. The first-order chi connectivity index (χ1) is 25.9. The van der Waals surface area contributed by atoms with E-state index in [4.69, 9.17) is 14.2 Å². The Morgan fingerprint density at radius 1 is 0.593 bits per heavy atom. The molecule has 54 heavy (non-hydrogen) atoms. The van der Waals surface area contributed by atoms with Crippen molar-refractivity contribution in [1.29, 1.82) is 0 Å². The molecule has 0 amide bonds. The molecule has 1 aliphatic rings. The number of carbonyl (C=O) groups is 2. The fraction of sp³-hybridized carbons (Fsp3) is 0.951. The molecule has 0 bridgehead atoms. The van der Waals surface area contributed by atoms with Crippen molar-refractivity contribution in [3.8, 4) is 0 Å². The number of carbonyl (C=O) groups excluding carboxylic acids is 2. The lowest BCUT2D eigenvalue weighted by molar-refractivity contribution is -0.267. The Hall–Kier alpha value is -1.35. The molecule has 3 unspecified atom stereocenters. The molecule has 12 nitrogen and oxygen atoms in total. The van der Waals surface area contributed by atoms with Gasteiger partial charge in [0.05, 0.1) is 12.7 Å². The summed E-state index contributed by atoms with van der Waals surface area (Å²) in [6, 6.07) is 0. The van der Waals surface area contributed by atoms with E-state index in [-0.39, 0.29) is 12.8 Å². The second kappa shape index (κ2) is 29.8. The smallest absolute Gasteiger partial charge is 0.313 e. The zero-order chi connectivity index (χ0) is 40.2. The number of ether oxygens (including phenoxy) is 3. The fourth-order valence-corrected chi connectivity index (χ4v) is 8.47. The van der Waals surface area contributed by atoms with Gasteiger partial charge < -0.3 is 34.6 Å². The zero-order valence-corrected chi connectivity index (χ0v) is 34.8. The molecule has 1 saturated heterocycles. The van der Waals surface area contributed by atoms with Gasteiger partial charge in [-0.2, -0.15) is 8.42 Å². The molecule has 1 aliphatic heterocycles. The van der Waals surface area contributed by atoms with E-state index >= 15 is 0 Å². The Balaban J connectivity index is 2.78. The van der Waals surface area contributed by atoms with Crippen molar-refractivity contribution in [3.63, 3.8) is 0 Å². The van der Waals surface area contributed by atoms with Crippen LogP contribution in [0.2, 0.25) is 0 Å². The van der Waals surface area contributed by atoms with Crippen LogP contribution >= 0.6 is 0 Å². The van der Waals surface area contributed by atoms with Crippen LogP contribution in [0, 0.1) is 0 Å². The number of esters is 2. The third-order valence-electron chi connectivity index (χ3n) is 10.8. The number of aliphatic hydroxyl groups excluding tert-OH is 4. The summed E-state index contributed by atoms with van der Waals surface area (Å²) in [5.41, 5.74) is 0. The Morgan fingerprint density at radius 3 is 1.30 bits per heavy atom. The predicted molar refractivity (Wildman–Crippen MR) is 210 cm³/mol. The molecule has 1 rings (SSSR count). The van der Waals surface area contributed by atoms with Crippen molar-refractivity contribution in [2.45, 2.75) is 242 Å². The van der Waals surface area contributed by atoms with Crippen molar-refractivity contribution in [2.75, 3.05) is 6.61 Å². The lowest BCUT2D eigenvalue weighted by Crippen LogP contribution is -2.71. The van der Waals surface area contributed by atoms with Crippen LogP contribution in [0.4, 0.5) is 0 Å². The molecule has 5 N–H and O–H groups in total. The maximum absolute atomic E-state index is 13.2. The Morgan fingerprint density at radius 2 is 0.944 bits per heavy atom. The number of unbranched alkanes of at least 4 members (excludes halogenated alkanes) is 24. The van der Waals surface area contributed by atoms with Crippen LogP contribution in [-0.2, 0) is 33.9 Å². The summed E-state index contributed by atoms with van der Waals surface area (Å²) in [6.45, 7) is 4.48. The molecule has 13 heteroatoms. The standard InChI is InChI=1S/C41H78O12S/c1-4-6-8-10-12-14-16-18-20-22-24-26-28-30-35(43)52-34(32-42)41(54(48,49)50,40-39(47)38(46)37(45)33(3)51-40)53-36(44)31-29-27-25-23-21-19-17-15-13-11-9-7-5-2/h33-34,37-40,42,45-47H,4-32H2,1-3H3,(H,48,49,50)/t33-,34?,37-,38+,39-,40?,41?/m1/s1. The largest absolute Gasteiger partial charge is 0.454 e. The average Bonchev–Trinajstić information content (AvgIpc) is 3.13. The van der Waals surface area contributed by atoms with Gasteiger partial charge in [0.15, 0.2) is 6.10 Å². The van der Waals surface area contributed by atoms with E-state index in [9.17, 15) is 43.0 Å². The van der Waals surface area contributed by atoms with Crippen LogP contribution in [0.3, 0.4) is 0 Å². The molecule has 0 radical (unpaired) electrons. The van der Waals surface area contributed by atoms with E-state index in [1.807, 2.05) is 0 Å². The summed E-state index contributed by atoms with van der Waals surface area (Å²) >= 11 is 0. The van der Waals surface area contributed by atoms with E-state index in [1.165, 1.54) is 103 Å². The second-order valence-electron chi connectivity index (χ2n) is 15.6. The highest BCUT2D eigenvalue weighted by atomic mass is 32.2. The molecular weight excluding hydrogens is 717 g/mol. The summed E-state index contributed by atoms with van der Waals surface area (Å²) in [7, 11) is -5.64. The number of hydrogen-bond acceptors (Lipinski definition) is 11. The highest BCUT2D eigenvalue weighted by molar-refractivity contribution is 7.87. The van der Waals surface area contributed by atoms with Crippen molar-refractivity contribution >= 4 is 22.1 Å². The molecular formula is C41H78O12S. The maximum Gasteiger partial charge on any atom is 0.313 e. The van der Waals surface area contributed by atoms with Crippen LogP contribution < -0.4 is 0 Å². The SMILES string of the molecule is CCCCCCCCCCCCCCCC(=O)OC(CO)C(OC(=O)CCCCCCCCCCCCCCC)(C1O[C@H](C)[C@@H](O)[C@H](O)[C@H]1O)S(=O)(=O)O. The topological polar surface area (TPSA) is 197 Å². The first kappa shape index (κ1) is 50.7. The number of hydrogen-bond donors (Lipinski definition) is 5. The lowest BCUT2D eigenvalue weighted by Gasteiger charge is -2.48. The van der Waals surface area contributed by atoms with E-state index < -0.39 is 70.2 Å². The van der Waals surface area contributed by atoms with Crippen LogP contribution in [0.5, 0.6) is 0 Å². The van der Waals surface area contributed by atoms with Gasteiger partial charge in [-0.15, -0.1) is 0 Å². The minimum atomic E-state index is -5.64. The average molecular weight is 795 g/mol. The highest BCUT2D eigenvalue weighted by Gasteiger charge is 2.67.